The summed E-state index contributed by atoms with van der Waals surface area (Å²) in [5.41, 5.74) is 0. The monoisotopic (exact) mass is 1530 g/mol. The highest BCUT2D eigenvalue weighted by Gasteiger charge is 2.30. The van der Waals surface area contributed by atoms with E-state index in [4.69, 9.17) is 37.0 Å². The number of phosphoric ester groups is 2. The zero-order valence-corrected chi connectivity index (χ0v) is 68.4. The lowest BCUT2D eigenvalue weighted by Gasteiger charge is -2.21. The Hall–Kier alpha value is -4.80. The van der Waals surface area contributed by atoms with Crippen molar-refractivity contribution in [3.8, 4) is 0 Å². The second-order valence-electron chi connectivity index (χ2n) is 27.3. The maximum atomic E-state index is 13.1. The number of rotatable bonds is 77. The topological polar surface area (TPSA) is 237 Å². The Morgan fingerprint density at radius 2 is 0.491 bits per heavy atom. The molecule has 5 atom stereocenters. The molecule has 0 aromatic heterocycles. The predicted octanol–water partition coefficient (Wildman–Crippen LogP) is 24.4. The van der Waals surface area contributed by atoms with E-state index in [0.29, 0.717) is 32.1 Å². The van der Waals surface area contributed by atoms with E-state index in [9.17, 15) is 43.2 Å². The van der Waals surface area contributed by atoms with Gasteiger partial charge in [0.2, 0.25) is 0 Å². The molecule has 0 radical (unpaired) electrons. The molecule has 0 saturated carbocycles. The van der Waals surface area contributed by atoms with E-state index in [2.05, 4.69) is 161 Å². The van der Waals surface area contributed by atoms with Gasteiger partial charge >= 0.3 is 39.5 Å². The number of aliphatic hydroxyl groups is 1. The fourth-order valence-corrected chi connectivity index (χ4v) is 12.4. The van der Waals surface area contributed by atoms with Crippen molar-refractivity contribution in [1.29, 1.82) is 0 Å². The second kappa shape index (κ2) is 78.3. The molecule has 19 heteroatoms. The van der Waals surface area contributed by atoms with Gasteiger partial charge in [-0.3, -0.25) is 37.3 Å². The molecule has 608 valence electrons. The zero-order chi connectivity index (χ0) is 77.4. The van der Waals surface area contributed by atoms with E-state index in [1.54, 1.807) is 0 Å². The van der Waals surface area contributed by atoms with Crippen LogP contribution in [0.15, 0.2) is 134 Å². The van der Waals surface area contributed by atoms with Crippen LogP contribution >= 0.6 is 15.6 Å². The number of allylic oxidation sites excluding steroid dienone is 22. The lowest BCUT2D eigenvalue weighted by Crippen LogP contribution is -2.30. The molecule has 0 aliphatic rings. The molecule has 17 nitrogen and oxygen atoms in total. The average Bonchev–Trinajstić information content (AvgIpc) is 0.933. The quantitative estimate of drug-likeness (QED) is 0.0169. The van der Waals surface area contributed by atoms with Gasteiger partial charge in [-0.15, -0.1) is 0 Å². The molecule has 0 aromatic carbocycles. The van der Waals surface area contributed by atoms with Gasteiger partial charge in [0.1, 0.15) is 19.3 Å². The molecule has 0 heterocycles. The molecule has 0 aliphatic heterocycles. The highest BCUT2D eigenvalue weighted by molar-refractivity contribution is 7.47. The van der Waals surface area contributed by atoms with Crippen molar-refractivity contribution >= 4 is 39.5 Å². The van der Waals surface area contributed by atoms with Gasteiger partial charge in [-0.1, -0.05) is 303 Å². The van der Waals surface area contributed by atoms with Gasteiger partial charge in [-0.2, -0.15) is 0 Å². The van der Waals surface area contributed by atoms with Crippen LogP contribution in [0.3, 0.4) is 0 Å². The van der Waals surface area contributed by atoms with Crippen molar-refractivity contribution in [1.82, 2.24) is 0 Å². The summed E-state index contributed by atoms with van der Waals surface area (Å²) in [5, 5.41) is 10.7. The number of ether oxygens (including phenoxy) is 4. The molecule has 0 amide bonds. The minimum Gasteiger partial charge on any atom is -0.462 e. The first-order valence-electron chi connectivity index (χ1n) is 41.4. The summed E-state index contributed by atoms with van der Waals surface area (Å²) < 4.78 is 68.7. The van der Waals surface area contributed by atoms with E-state index in [1.165, 1.54) is 70.6 Å². The van der Waals surface area contributed by atoms with Gasteiger partial charge in [-0.05, 0) is 141 Å². The standard InChI is InChI=1S/C87H148O17P2/c1-5-9-13-17-21-25-29-33-36-38-40-42-45-48-51-55-59-63-67-71-84(89)97-77-82(103-86(91)73-69-65-61-57-53-47-32-28-24-20-16-12-8-4)79-101-105(93,94)99-75-81(88)76-100-106(95,96)102-80-83(104-87(92)74-70-66-62-58-54-50-44-35-31-27-23-19-15-11-7-3)78-98-85(90)72-68-64-60-56-52-49-46-43-41-39-37-34-30-26-22-18-14-10-6-2/h10-11,14-15,21-23,25-27,33-37,40-44,54,58,81-83,88H,5-9,12-13,16-20,24,28-32,38-39,45-53,55-57,59-80H2,1-4H3,(H,93,94)(H,95,96)/b14-10-,15-11-,25-21-,26-22-,27-23-,36-33-,37-34-,42-40-,43-41-,44-35-,58-54-. The molecular weight excluding hydrogens is 1380 g/mol. The molecule has 0 aromatic rings. The Kier molecular flexibility index (Phi) is 74.8. The number of carbonyl (C=O) groups is 4. The minimum atomic E-state index is -5.00. The van der Waals surface area contributed by atoms with Crippen molar-refractivity contribution in [2.75, 3.05) is 39.6 Å². The lowest BCUT2D eigenvalue weighted by molar-refractivity contribution is -0.161. The van der Waals surface area contributed by atoms with Gasteiger partial charge in [-0.25, -0.2) is 9.13 Å². The number of aliphatic hydroxyl groups excluding tert-OH is 1. The third kappa shape index (κ3) is 77.4. The van der Waals surface area contributed by atoms with E-state index < -0.39 is 97.5 Å². The molecule has 0 aliphatic carbocycles. The van der Waals surface area contributed by atoms with E-state index in [1.807, 2.05) is 0 Å². The van der Waals surface area contributed by atoms with Crippen molar-refractivity contribution in [3.63, 3.8) is 0 Å². The Bertz CT molecular complexity index is 2530. The summed E-state index contributed by atoms with van der Waals surface area (Å²) in [4.78, 5) is 73.1. The van der Waals surface area contributed by atoms with Gasteiger partial charge in [0, 0.05) is 25.7 Å². The normalized spacial score (nSPS) is 14.5. The molecule has 0 bridgehead atoms. The first kappa shape index (κ1) is 101. The van der Waals surface area contributed by atoms with Crippen molar-refractivity contribution < 1.29 is 80.2 Å². The van der Waals surface area contributed by atoms with Crippen molar-refractivity contribution in [2.24, 2.45) is 0 Å². The third-order valence-electron chi connectivity index (χ3n) is 17.1. The number of esters is 4. The molecule has 0 fully saturated rings. The Balaban J connectivity index is 5.39. The van der Waals surface area contributed by atoms with Gasteiger partial charge in [0.25, 0.3) is 0 Å². The fraction of sp³-hybridized carbons (Fsp3) is 0.701. The molecular formula is C87H148O17P2. The summed E-state index contributed by atoms with van der Waals surface area (Å²) in [6.45, 7) is 4.57. The Morgan fingerprint density at radius 1 is 0.274 bits per heavy atom. The van der Waals surface area contributed by atoms with Crippen LogP contribution < -0.4 is 0 Å². The SMILES string of the molecule is CC/C=C\C/C=C\C/C=C\C/C=C\CCCCCCCCC(=O)OCC(COP(=O)(O)OCC(O)COP(=O)(O)OCC(COC(=O)CCCCCCCC/C=C\C/C=C\C/C=C\CCCCC)OC(=O)CCCCCCCCCCCCCCC)OC(=O)CCCC/C=C\C/C=C\C/C=C\C/C=C\CC. The number of hydrogen-bond acceptors (Lipinski definition) is 15. The molecule has 106 heavy (non-hydrogen) atoms. The Labute approximate surface area is 644 Å². The summed E-state index contributed by atoms with van der Waals surface area (Å²) in [7, 11) is -9.98. The summed E-state index contributed by atoms with van der Waals surface area (Å²) in [6, 6.07) is 0. The van der Waals surface area contributed by atoms with Crippen molar-refractivity contribution in [2.45, 2.75) is 354 Å². The average molecular weight is 1530 g/mol. The summed E-state index contributed by atoms with van der Waals surface area (Å²) >= 11 is 0. The van der Waals surface area contributed by atoms with E-state index >= 15 is 0 Å². The molecule has 0 rings (SSSR count). The fourth-order valence-electron chi connectivity index (χ4n) is 10.9. The van der Waals surface area contributed by atoms with Gasteiger partial charge in [0.15, 0.2) is 12.2 Å². The molecule has 0 spiro atoms. The van der Waals surface area contributed by atoms with Crippen LogP contribution in [0.5, 0.6) is 0 Å². The third-order valence-corrected chi connectivity index (χ3v) is 19.0. The van der Waals surface area contributed by atoms with Crippen LogP contribution in [0.25, 0.3) is 0 Å². The molecule has 3 N–H and O–H groups in total. The van der Waals surface area contributed by atoms with Gasteiger partial charge < -0.3 is 33.8 Å². The van der Waals surface area contributed by atoms with Crippen LogP contribution in [-0.2, 0) is 65.4 Å². The maximum absolute atomic E-state index is 13.1. The van der Waals surface area contributed by atoms with Crippen LogP contribution in [0.2, 0.25) is 0 Å². The summed E-state index contributed by atoms with van der Waals surface area (Å²) in [5.74, 6) is -2.24. The Morgan fingerprint density at radius 3 is 0.792 bits per heavy atom. The summed E-state index contributed by atoms with van der Waals surface area (Å²) in [6.07, 6.45) is 88.5. The van der Waals surface area contributed by atoms with E-state index in [-0.39, 0.29) is 25.7 Å². The van der Waals surface area contributed by atoms with Crippen LogP contribution in [-0.4, -0.2) is 96.7 Å². The zero-order valence-electron chi connectivity index (χ0n) is 66.6. The van der Waals surface area contributed by atoms with Crippen LogP contribution in [0, 0.1) is 0 Å². The smallest absolute Gasteiger partial charge is 0.462 e. The number of hydrogen-bond donors (Lipinski definition) is 3. The first-order chi connectivity index (χ1) is 51.7. The van der Waals surface area contributed by atoms with Crippen LogP contribution in [0.4, 0.5) is 0 Å². The minimum absolute atomic E-state index is 0.0364. The lowest BCUT2D eigenvalue weighted by atomic mass is 10.0. The highest BCUT2D eigenvalue weighted by atomic mass is 31.2. The molecule has 5 unspecified atom stereocenters. The number of carbonyl (C=O) groups excluding carboxylic acids is 4. The van der Waals surface area contributed by atoms with Gasteiger partial charge in [0.05, 0.1) is 26.4 Å². The maximum Gasteiger partial charge on any atom is 0.472 e. The molecule has 0 saturated heterocycles. The number of phosphoric acid groups is 2. The largest absolute Gasteiger partial charge is 0.472 e. The van der Waals surface area contributed by atoms with Crippen molar-refractivity contribution in [3.05, 3.63) is 134 Å². The second-order valence-corrected chi connectivity index (χ2v) is 30.2. The van der Waals surface area contributed by atoms with E-state index in [0.717, 1.165) is 180 Å². The first-order valence-corrected chi connectivity index (χ1v) is 44.4. The number of unbranched alkanes of at least 4 members (excludes halogenated alkanes) is 29. The predicted molar refractivity (Wildman–Crippen MR) is 436 cm³/mol. The van der Waals surface area contributed by atoms with Crippen LogP contribution in [0.1, 0.15) is 336 Å². The highest BCUT2D eigenvalue weighted by Crippen LogP contribution is 2.45.